The summed E-state index contributed by atoms with van der Waals surface area (Å²) in [4.78, 5) is 4.94. The minimum atomic E-state index is 0.717. The number of hydrogen-bond acceptors (Lipinski definition) is 3. The van der Waals surface area contributed by atoms with Gasteiger partial charge in [0.15, 0.2) is 0 Å². The Bertz CT molecular complexity index is 442. The van der Waals surface area contributed by atoms with Crippen molar-refractivity contribution in [2.24, 2.45) is 0 Å². The van der Waals surface area contributed by atoms with Crippen LogP contribution in [0.15, 0.2) is 22.7 Å². The maximum Gasteiger partial charge on any atom is 0.0244 e. The molecule has 0 aliphatic carbocycles. The van der Waals surface area contributed by atoms with Gasteiger partial charge < -0.3 is 10.2 Å². The molecule has 4 heteroatoms. The van der Waals surface area contributed by atoms with E-state index in [-0.39, 0.29) is 0 Å². The van der Waals surface area contributed by atoms with Gasteiger partial charge in [0.1, 0.15) is 0 Å². The van der Waals surface area contributed by atoms with Crippen molar-refractivity contribution in [1.82, 2.24) is 15.1 Å². The van der Waals surface area contributed by atoms with E-state index in [4.69, 9.17) is 0 Å². The third kappa shape index (κ3) is 5.06. The minimum Gasteiger partial charge on any atom is -0.313 e. The molecular formula is C17H28BrN3. The van der Waals surface area contributed by atoms with E-state index in [9.17, 15) is 0 Å². The molecule has 1 aromatic rings. The summed E-state index contributed by atoms with van der Waals surface area (Å²) >= 11 is 3.74. The van der Waals surface area contributed by atoms with Gasteiger partial charge in [0.05, 0.1) is 0 Å². The second-order valence-corrected chi connectivity index (χ2v) is 7.01. The molecule has 21 heavy (non-hydrogen) atoms. The molecule has 1 aliphatic heterocycles. The summed E-state index contributed by atoms with van der Waals surface area (Å²) in [5.74, 6) is 0. The lowest BCUT2D eigenvalue weighted by molar-refractivity contribution is 0.139. The van der Waals surface area contributed by atoms with Crippen LogP contribution in [0.2, 0.25) is 0 Å². The van der Waals surface area contributed by atoms with E-state index < -0.39 is 0 Å². The molecule has 0 spiro atoms. The van der Waals surface area contributed by atoms with E-state index in [1.807, 2.05) is 0 Å². The molecule has 0 saturated carbocycles. The average molecular weight is 354 g/mol. The minimum absolute atomic E-state index is 0.717. The first-order valence-electron chi connectivity index (χ1n) is 7.97. The fourth-order valence-electron chi connectivity index (χ4n) is 2.93. The first-order chi connectivity index (χ1) is 10.1. The Morgan fingerprint density at radius 2 is 2.05 bits per heavy atom. The summed E-state index contributed by atoms with van der Waals surface area (Å²) in [5, 5.41) is 3.37. The van der Waals surface area contributed by atoms with Gasteiger partial charge in [-0.25, -0.2) is 0 Å². The fraction of sp³-hybridized carbons (Fsp3) is 0.647. The quantitative estimate of drug-likeness (QED) is 0.847. The predicted octanol–water partition coefficient (Wildman–Crippen LogP) is 3.08. The summed E-state index contributed by atoms with van der Waals surface area (Å²) in [5.41, 5.74) is 2.73. The normalized spacial score (nSPS) is 17.6. The van der Waals surface area contributed by atoms with Crippen LogP contribution in [0.25, 0.3) is 0 Å². The molecule has 0 bridgehead atoms. The van der Waals surface area contributed by atoms with Crippen LogP contribution in [0.3, 0.4) is 0 Å². The van der Waals surface area contributed by atoms with Crippen LogP contribution in [0, 0.1) is 0 Å². The van der Waals surface area contributed by atoms with Crippen molar-refractivity contribution < 1.29 is 0 Å². The molecule has 1 saturated heterocycles. The van der Waals surface area contributed by atoms with Gasteiger partial charge in [-0.15, -0.1) is 0 Å². The molecule has 1 aliphatic rings. The second-order valence-electron chi connectivity index (χ2n) is 6.16. The molecule has 0 radical (unpaired) electrons. The zero-order chi connectivity index (χ0) is 15.2. The Morgan fingerprint density at radius 1 is 1.33 bits per heavy atom. The molecule has 0 amide bonds. The van der Waals surface area contributed by atoms with Crippen LogP contribution in [0.4, 0.5) is 0 Å². The summed E-state index contributed by atoms with van der Waals surface area (Å²) in [6, 6.07) is 7.48. The van der Waals surface area contributed by atoms with Crippen LogP contribution in [0.5, 0.6) is 0 Å². The highest BCUT2D eigenvalue weighted by atomic mass is 79.9. The van der Waals surface area contributed by atoms with E-state index in [0.717, 1.165) is 25.7 Å². The molecule has 1 aromatic carbocycles. The lowest BCUT2D eigenvalue weighted by Gasteiger charge is -2.35. The molecule has 0 atom stereocenters. The van der Waals surface area contributed by atoms with E-state index in [1.165, 1.54) is 41.5 Å². The standard InChI is InChI=1S/C17H28BrN3/c1-4-19-12-14-5-6-15(17(18)11-14)13-21(3)16-7-9-20(2)10-8-16/h5-6,11,16,19H,4,7-10,12-13H2,1-3H3. The molecule has 1 fully saturated rings. The van der Waals surface area contributed by atoms with Gasteiger partial charge >= 0.3 is 0 Å². The molecule has 0 unspecified atom stereocenters. The smallest absolute Gasteiger partial charge is 0.0244 e. The topological polar surface area (TPSA) is 18.5 Å². The number of rotatable bonds is 6. The van der Waals surface area contributed by atoms with Crippen LogP contribution >= 0.6 is 15.9 Å². The maximum absolute atomic E-state index is 3.74. The molecule has 1 N–H and O–H groups in total. The van der Waals surface area contributed by atoms with Crippen LogP contribution in [-0.2, 0) is 13.1 Å². The van der Waals surface area contributed by atoms with Gasteiger partial charge in [-0.1, -0.05) is 35.0 Å². The van der Waals surface area contributed by atoms with Crippen LogP contribution < -0.4 is 5.32 Å². The third-order valence-electron chi connectivity index (χ3n) is 4.43. The highest BCUT2D eigenvalue weighted by Crippen LogP contribution is 2.23. The number of piperidine rings is 1. The Morgan fingerprint density at radius 3 is 2.67 bits per heavy atom. The van der Waals surface area contributed by atoms with Crippen molar-refractivity contribution in [1.29, 1.82) is 0 Å². The zero-order valence-corrected chi connectivity index (χ0v) is 15.1. The van der Waals surface area contributed by atoms with Crippen molar-refractivity contribution in [3.63, 3.8) is 0 Å². The molecule has 118 valence electrons. The molecule has 1 heterocycles. The number of benzene rings is 1. The first-order valence-corrected chi connectivity index (χ1v) is 8.76. The maximum atomic E-state index is 3.74. The van der Waals surface area contributed by atoms with E-state index >= 15 is 0 Å². The van der Waals surface area contributed by atoms with Crippen molar-refractivity contribution in [2.75, 3.05) is 33.7 Å². The van der Waals surface area contributed by atoms with Gasteiger partial charge in [-0.05, 0) is 63.8 Å². The van der Waals surface area contributed by atoms with Crippen LogP contribution in [0.1, 0.15) is 30.9 Å². The first kappa shape index (κ1) is 16.9. The van der Waals surface area contributed by atoms with E-state index in [0.29, 0.717) is 0 Å². The predicted molar refractivity (Wildman–Crippen MR) is 93.5 cm³/mol. The lowest BCUT2D eigenvalue weighted by atomic mass is 10.0. The molecule has 0 aromatic heterocycles. The summed E-state index contributed by atoms with van der Waals surface area (Å²) in [7, 11) is 4.48. The monoisotopic (exact) mass is 353 g/mol. The third-order valence-corrected chi connectivity index (χ3v) is 5.17. The van der Waals surface area contributed by atoms with Gasteiger partial charge in [0.25, 0.3) is 0 Å². The summed E-state index contributed by atoms with van der Waals surface area (Å²) < 4.78 is 1.23. The molecule has 3 nitrogen and oxygen atoms in total. The largest absolute Gasteiger partial charge is 0.313 e. The Labute approximate surface area is 137 Å². The Balaban J connectivity index is 1.92. The van der Waals surface area contributed by atoms with E-state index in [2.05, 4.69) is 70.3 Å². The fourth-order valence-corrected chi connectivity index (χ4v) is 3.48. The average Bonchev–Trinajstić information content (AvgIpc) is 2.48. The van der Waals surface area contributed by atoms with Gasteiger partial charge in [-0.3, -0.25) is 4.90 Å². The van der Waals surface area contributed by atoms with Gasteiger partial charge in [0, 0.05) is 23.6 Å². The van der Waals surface area contributed by atoms with Crippen molar-refractivity contribution in [2.45, 2.75) is 38.9 Å². The Kier molecular flexibility index (Phi) is 6.68. The van der Waals surface area contributed by atoms with Gasteiger partial charge in [0.2, 0.25) is 0 Å². The van der Waals surface area contributed by atoms with Crippen molar-refractivity contribution in [3.8, 4) is 0 Å². The molecular weight excluding hydrogens is 326 g/mol. The number of hydrogen-bond donors (Lipinski definition) is 1. The summed E-state index contributed by atoms with van der Waals surface area (Å²) in [6.45, 7) is 7.56. The molecule has 2 rings (SSSR count). The highest BCUT2D eigenvalue weighted by molar-refractivity contribution is 9.10. The number of halogens is 1. The second kappa shape index (κ2) is 8.28. The lowest BCUT2D eigenvalue weighted by Crippen LogP contribution is -2.41. The Hall–Kier alpha value is -0.420. The van der Waals surface area contributed by atoms with E-state index in [1.54, 1.807) is 0 Å². The number of likely N-dealkylation sites (tertiary alicyclic amines) is 1. The SMILES string of the molecule is CCNCc1ccc(CN(C)C2CCN(C)CC2)c(Br)c1. The number of nitrogens with one attached hydrogen (secondary N) is 1. The zero-order valence-electron chi connectivity index (χ0n) is 13.5. The summed E-state index contributed by atoms with van der Waals surface area (Å²) in [6.07, 6.45) is 2.56. The van der Waals surface area contributed by atoms with Gasteiger partial charge in [-0.2, -0.15) is 0 Å². The van der Waals surface area contributed by atoms with Crippen molar-refractivity contribution in [3.05, 3.63) is 33.8 Å². The van der Waals surface area contributed by atoms with Crippen molar-refractivity contribution >= 4 is 15.9 Å². The number of nitrogens with zero attached hydrogens (tertiary/aromatic N) is 2. The highest BCUT2D eigenvalue weighted by Gasteiger charge is 2.20. The van der Waals surface area contributed by atoms with Crippen LogP contribution in [-0.4, -0.2) is 49.6 Å².